The maximum Gasteiger partial charge on any atom is 0.242 e. The lowest BCUT2D eigenvalue weighted by atomic mass is 10.1. The molecular formula is C16H21ClN2O3. The van der Waals surface area contributed by atoms with E-state index >= 15 is 0 Å². The van der Waals surface area contributed by atoms with Crippen LogP contribution in [0, 0.1) is 0 Å². The van der Waals surface area contributed by atoms with E-state index in [1.807, 2.05) is 4.90 Å². The van der Waals surface area contributed by atoms with Gasteiger partial charge in [-0.05, 0) is 37.5 Å². The number of methoxy groups -OCH3 is 1. The van der Waals surface area contributed by atoms with Gasteiger partial charge in [0.05, 0.1) is 12.1 Å². The number of carbonyl (C=O) groups excluding carboxylic acids is 2. The fourth-order valence-corrected chi connectivity index (χ4v) is 2.84. The molecule has 2 rings (SSSR count). The number of anilines is 1. The van der Waals surface area contributed by atoms with Crippen LogP contribution >= 0.6 is 11.6 Å². The summed E-state index contributed by atoms with van der Waals surface area (Å²) in [6.45, 7) is 3.03. The van der Waals surface area contributed by atoms with Crippen molar-refractivity contribution in [2.45, 2.75) is 26.2 Å². The van der Waals surface area contributed by atoms with Crippen LogP contribution in [-0.2, 0) is 9.59 Å². The molecule has 0 N–H and O–H groups in total. The molecule has 0 radical (unpaired) electrons. The van der Waals surface area contributed by atoms with Crippen molar-refractivity contribution >= 4 is 29.1 Å². The van der Waals surface area contributed by atoms with Crippen LogP contribution in [-0.4, -0.2) is 43.5 Å². The van der Waals surface area contributed by atoms with Crippen molar-refractivity contribution in [1.29, 1.82) is 0 Å². The molecule has 1 aliphatic heterocycles. The topological polar surface area (TPSA) is 49.9 Å². The highest BCUT2D eigenvalue weighted by Gasteiger charge is 2.22. The van der Waals surface area contributed by atoms with Crippen LogP contribution in [0.25, 0.3) is 0 Å². The van der Waals surface area contributed by atoms with Crippen LogP contribution in [0.2, 0.25) is 5.02 Å². The van der Waals surface area contributed by atoms with Crippen LogP contribution < -0.4 is 9.64 Å². The molecule has 6 heteroatoms. The van der Waals surface area contributed by atoms with Gasteiger partial charge < -0.3 is 14.5 Å². The van der Waals surface area contributed by atoms with Crippen LogP contribution in [0.3, 0.4) is 0 Å². The lowest BCUT2D eigenvalue weighted by molar-refractivity contribution is -0.132. The zero-order valence-corrected chi connectivity index (χ0v) is 13.7. The smallest absolute Gasteiger partial charge is 0.242 e. The van der Waals surface area contributed by atoms with Gasteiger partial charge in [-0.15, -0.1) is 0 Å². The van der Waals surface area contributed by atoms with Gasteiger partial charge >= 0.3 is 0 Å². The summed E-state index contributed by atoms with van der Waals surface area (Å²) < 4.78 is 5.11. The number of carbonyl (C=O) groups is 2. The highest BCUT2D eigenvalue weighted by Crippen LogP contribution is 2.29. The molecule has 1 aromatic rings. The average molecular weight is 325 g/mol. The SMILES string of the molecule is COc1ccc(N(CC(=O)N2CCCCC2)C(C)=O)cc1Cl. The van der Waals surface area contributed by atoms with E-state index in [0.29, 0.717) is 16.5 Å². The van der Waals surface area contributed by atoms with Crippen molar-refractivity contribution < 1.29 is 14.3 Å². The van der Waals surface area contributed by atoms with Crippen molar-refractivity contribution in [2.24, 2.45) is 0 Å². The summed E-state index contributed by atoms with van der Waals surface area (Å²) in [5.41, 5.74) is 0.601. The molecule has 120 valence electrons. The van der Waals surface area contributed by atoms with Crippen molar-refractivity contribution in [3.8, 4) is 5.75 Å². The van der Waals surface area contributed by atoms with Crippen LogP contribution in [0.5, 0.6) is 5.75 Å². The number of nitrogens with zero attached hydrogens (tertiary/aromatic N) is 2. The largest absolute Gasteiger partial charge is 0.495 e. The summed E-state index contributed by atoms with van der Waals surface area (Å²) in [6.07, 6.45) is 3.22. The number of hydrogen-bond donors (Lipinski definition) is 0. The first-order chi connectivity index (χ1) is 10.5. The minimum absolute atomic E-state index is 0.0261. The number of ether oxygens (including phenoxy) is 1. The van der Waals surface area contributed by atoms with E-state index in [-0.39, 0.29) is 18.4 Å². The van der Waals surface area contributed by atoms with E-state index in [2.05, 4.69) is 0 Å². The number of amides is 2. The molecule has 1 saturated heterocycles. The molecule has 1 aromatic carbocycles. The van der Waals surface area contributed by atoms with E-state index in [0.717, 1.165) is 32.4 Å². The Morgan fingerprint density at radius 3 is 2.50 bits per heavy atom. The molecule has 0 unspecified atom stereocenters. The minimum Gasteiger partial charge on any atom is -0.495 e. The highest BCUT2D eigenvalue weighted by atomic mass is 35.5. The number of halogens is 1. The van der Waals surface area contributed by atoms with E-state index in [4.69, 9.17) is 16.3 Å². The van der Waals surface area contributed by atoms with E-state index in [9.17, 15) is 9.59 Å². The van der Waals surface area contributed by atoms with Gasteiger partial charge in [0.25, 0.3) is 0 Å². The maximum atomic E-state index is 12.4. The van der Waals surface area contributed by atoms with Gasteiger partial charge in [-0.2, -0.15) is 0 Å². The van der Waals surface area contributed by atoms with E-state index in [1.165, 1.54) is 18.9 Å². The molecular weight excluding hydrogens is 304 g/mol. The summed E-state index contributed by atoms with van der Waals surface area (Å²) in [4.78, 5) is 27.5. The Balaban J connectivity index is 2.14. The van der Waals surface area contributed by atoms with E-state index in [1.54, 1.807) is 18.2 Å². The molecule has 0 aliphatic carbocycles. The molecule has 1 aliphatic rings. The first kappa shape index (κ1) is 16.6. The molecule has 2 amide bonds. The number of rotatable bonds is 4. The Hall–Kier alpha value is -1.75. The molecule has 0 spiro atoms. The van der Waals surface area contributed by atoms with Crippen LogP contribution in [0.1, 0.15) is 26.2 Å². The van der Waals surface area contributed by atoms with Gasteiger partial charge in [-0.3, -0.25) is 9.59 Å². The standard InChI is InChI=1S/C16H21ClN2O3/c1-12(20)19(11-16(21)18-8-4-3-5-9-18)13-6-7-15(22-2)14(17)10-13/h6-7,10H,3-5,8-9,11H2,1-2H3. The summed E-state index contributed by atoms with van der Waals surface area (Å²) in [5, 5.41) is 0.414. The average Bonchev–Trinajstić information content (AvgIpc) is 2.52. The summed E-state index contributed by atoms with van der Waals surface area (Å²) in [6, 6.07) is 5.07. The number of benzene rings is 1. The Morgan fingerprint density at radius 1 is 1.27 bits per heavy atom. The van der Waals surface area contributed by atoms with Crippen molar-refractivity contribution in [2.75, 3.05) is 31.6 Å². The molecule has 0 atom stereocenters. The maximum absolute atomic E-state index is 12.4. The highest BCUT2D eigenvalue weighted by molar-refractivity contribution is 6.32. The molecule has 22 heavy (non-hydrogen) atoms. The normalized spacial score (nSPS) is 14.6. The second kappa shape index (κ2) is 7.49. The summed E-state index contributed by atoms with van der Waals surface area (Å²) >= 11 is 6.11. The fourth-order valence-electron chi connectivity index (χ4n) is 2.59. The van der Waals surface area contributed by atoms with Crippen LogP contribution in [0.4, 0.5) is 5.69 Å². The zero-order valence-electron chi connectivity index (χ0n) is 13.0. The minimum atomic E-state index is -0.188. The first-order valence-corrected chi connectivity index (χ1v) is 7.80. The third-order valence-electron chi connectivity index (χ3n) is 3.83. The number of likely N-dealkylation sites (tertiary alicyclic amines) is 1. The number of hydrogen-bond acceptors (Lipinski definition) is 3. The van der Waals surface area contributed by atoms with Gasteiger partial charge in [0, 0.05) is 25.7 Å². The first-order valence-electron chi connectivity index (χ1n) is 7.42. The Kier molecular flexibility index (Phi) is 5.66. The lowest BCUT2D eigenvalue weighted by Crippen LogP contribution is -2.44. The second-order valence-corrected chi connectivity index (χ2v) is 5.77. The summed E-state index contributed by atoms with van der Waals surface area (Å²) in [5.74, 6) is 0.324. The van der Waals surface area contributed by atoms with Crippen molar-refractivity contribution in [1.82, 2.24) is 4.90 Å². The van der Waals surface area contributed by atoms with E-state index < -0.39 is 0 Å². The third kappa shape index (κ3) is 3.91. The monoisotopic (exact) mass is 324 g/mol. The van der Waals surface area contributed by atoms with Gasteiger partial charge in [0.15, 0.2) is 0 Å². The van der Waals surface area contributed by atoms with Crippen molar-refractivity contribution in [3.63, 3.8) is 0 Å². The zero-order chi connectivity index (χ0) is 16.1. The quantitative estimate of drug-likeness (QED) is 0.855. The van der Waals surface area contributed by atoms with Gasteiger partial charge in [0.1, 0.15) is 12.3 Å². The molecule has 0 bridgehead atoms. The molecule has 0 aromatic heterocycles. The van der Waals surface area contributed by atoms with Crippen LogP contribution in [0.15, 0.2) is 18.2 Å². The predicted molar refractivity (Wildman–Crippen MR) is 86.5 cm³/mol. The molecule has 1 heterocycles. The third-order valence-corrected chi connectivity index (χ3v) is 4.12. The number of piperidine rings is 1. The Morgan fingerprint density at radius 2 is 1.95 bits per heavy atom. The lowest BCUT2D eigenvalue weighted by Gasteiger charge is -2.29. The Bertz CT molecular complexity index is 556. The fraction of sp³-hybridized carbons (Fsp3) is 0.500. The second-order valence-electron chi connectivity index (χ2n) is 5.37. The van der Waals surface area contributed by atoms with Gasteiger partial charge in [-0.25, -0.2) is 0 Å². The molecule has 5 nitrogen and oxygen atoms in total. The van der Waals surface area contributed by atoms with Crippen molar-refractivity contribution in [3.05, 3.63) is 23.2 Å². The summed E-state index contributed by atoms with van der Waals surface area (Å²) in [7, 11) is 1.53. The van der Waals surface area contributed by atoms with Gasteiger partial charge in [-0.1, -0.05) is 11.6 Å². The Labute approximate surface area is 135 Å². The van der Waals surface area contributed by atoms with Gasteiger partial charge in [0.2, 0.25) is 11.8 Å². The molecule has 1 fully saturated rings. The predicted octanol–water partition coefficient (Wildman–Crippen LogP) is 2.71. The molecule has 0 saturated carbocycles.